The minimum absolute atomic E-state index is 0.192. The van der Waals surface area contributed by atoms with E-state index in [9.17, 15) is 0 Å². The first-order valence-corrected chi connectivity index (χ1v) is 9.92. The maximum Gasteiger partial charge on any atom is 0.516 e. The van der Waals surface area contributed by atoms with Gasteiger partial charge in [-0.3, -0.25) is 0 Å². The van der Waals surface area contributed by atoms with Crippen LogP contribution in [-0.2, 0) is 27.5 Å². The fraction of sp³-hybridized carbons (Fsp3) is 1.00. The molecule has 0 saturated carbocycles. The zero-order valence-corrected chi connectivity index (χ0v) is 15.2. The molecule has 0 spiro atoms. The monoisotopic (exact) mass is 344 g/mol. The lowest BCUT2D eigenvalue weighted by molar-refractivity contribution is 0.00667. The molecule has 0 aromatic heterocycles. The average molecular weight is 345 g/mol. The number of rotatable bonds is 16. The highest BCUT2D eigenvalue weighted by molar-refractivity contribution is 6.69. The minimum atomic E-state index is -2.89. The first-order chi connectivity index (χ1) is 10.2. The van der Waals surface area contributed by atoms with Crippen molar-refractivity contribution in [3.63, 3.8) is 0 Å². The molecule has 21 heavy (non-hydrogen) atoms. The summed E-state index contributed by atoms with van der Waals surface area (Å²) in [6.07, 6.45) is 0. The van der Waals surface area contributed by atoms with Gasteiger partial charge in [0.25, 0.3) is 0 Å². The summed E-state index contributed by atoms with van der Waals surface area (Å²) in [6.45, 7) is 10.4. The van der Waals surface area contributed by atoms with Crippen LogP contribution >= 0.6 is 11.6 Å². The molecular formula is C13H29ClO6Si. The SMILES string of the molecule is CCOCCO[Si](CCl)(OCCOCC)OCCOCC. The average Bonchev–Trinajstić information content (AvgIpc) is 2.51. The third kappa shape index (κ3) is 11.5. The van der Waals surface area contributed by atoms with Crippen LogP contribution in [0, 0.1) is 0 Å². The van der Waals surface area contributed by atoms with Gasteiger partial charge in [-0.25, -0.2) is 0 Å². The predicted molar refractivity (Wildman–Crippen MR) is 83.8 cm³/mol. The third-order valence-corrected chi connectivity index (χ3v) is 5.67. The Bertz CT molecular complexity index is 192. The molecule has 0 N–H and O–H groups in total. The summed E-state index contributed by atoms with van der Waals surface area (Å²) in [5, 5.41) is 0. The molecule has 0 aromatic carbocycles. The molecule has 0 heterocycles. The lowest BCUT2D eigenvalue weighted by atomic mass is 10.8. The van der Waals surface area contributed by atoms with Gasteiger partial charge >= 0.3 is 8.80 Å². The summed E-state index contributed by atoms with van der Waals surface area (Å²) in [7, 11) is -2.89. The van der Waals surface area contributed by atoms with Gasteiger partial charge in [0.1, 0.15) is 0 Å². The van der Waals surface area contributed by atoms with Crippen LogP contribution in [0.25, 0.3) is 0 Å². The van der Waals surface area contributed by atoms with E-state index >= 15 is 0 Å². The molecule has 0 bridgehead atoms. The van der Waals surface area contributed by atoms with Crippen LogP contribution in [0.5, 0.6) is 0 Å². The van der Waals surface area contributed by atoms with Crippen molar-refractivity contribution in [3.8, 4) is 0 Å². The number of halogens is 1. The van der Waals surface area contributed by atoms with Crippen molar-refractivity contribution in [1.29, 1.82) is 0 Å². The molecule has 0 aliphatic carbocycles. The zero-order chi connectivity index (χ0) is 15.8. The van der Waals surface area contributed by atoms with Crippen molar-refractivity contribution in [2.24, 2.45) is 0 Å². The smallest absolute Gasteiger partial charge is 0.379 e. The quantitative estimate of drug-likeness (QED) is 0.242. The molecule has 0 fully saturated rings. The topological polar surface area (TPSA) is 55.4 Å². The Morgan fingerprint density at radius 3 is 1.19 bits per heavy atom. The van der Waals surface area contributed by atoms with Crippen LogP contribution in [0.1, 0.15) is 20.8 Å². The van der Waals surface area contributed by atoms with Gasteiger partial charge in [-0.15, -0.1) is 11.6 Å². The van der Waals surface area contributed by atoms with Gasteiger partial charge in [0.05, 0.1) is 45.1 Å². The highest BCUT2D eigenvalue weighted by atomic mass is 35.5. The van der Waals surface area contributed by atoms with Gasteiger partial charge in [0.2, 0.25) is 0 Å². The Balaban J connectivity index is 4.22. The van der Waals surface area contributed by atoms with E-state index in [1.54, 1.807) is 0 Å². The van der Waals surface area contributed by atoms with Gasteiger partial charge in [-0.05, 0) is 20.8 Å². The van der Waals surface area contributed by atoms with E-state index in [1.165, 1.54) is 0 Å². The van der Waals surface area contributed by atoms with Gasteiger partial charge in [-0.2, -0.15) is 0 Å². The van der Waals surface area contributed by atoms with Crippen molar-refractivity contribution in [2.75, 3.05) is 65.0 Å². The molecule has 0 rings (SSSR count). The summed E-state index contributed by atoms with van der Waals surface area (Å²) >= 11 is 6.03. The maximum atomic E-state index is 6.03. The Morgan fingerprint density at radius 1 is 0.619 bits per heavy atom. The number of alkyl halides is 1. The molecule has 8 heteroatoms. The first-order valence-electron chi connectivity index (χ1n) is 7.45. The lowest BCUT2D eigenvalue weighted by Gasteiger charge is -2.27. The number of ether oxygens (including phenoxy) is 3. The predicted octanol–water partition coefficient (Wildman–Crippen LogP) is 1.86. The summed E-state index contributed by atoms with van der Waals surface area (Å²) in [6, 6.07) is 0. The standard InChI is InChI=1S/C13H29ClO6Si/c1-4-15-7-10-18-21(13-14,19-11-8-16-5-2)20-12-9-17-6-3/h4-13H2,1-3H3. The molecule has 0 unspecified atom stereocenters. The summed E-state index contributed by atoms with van der Waals surface area (Å²) < 4.78 is 33.1. The van der Waals surface area contributed by atoms with E-state index in [-0.39, 0.29) is 5.50 Å². The largest absolute Gasteiger partial charge is 0.516 e. The van der Waals surface area contributed by atoms with E-state index in [4.69, 9.17) is 39.1 Å². The van der Waals surface area contributed by atoms with E-state index in [0.717, 1.165) is 0 Å². The van der Waals surface area contributed by atoms with Crippen LogP contribution in [-0.4, -0.2) is 73.8 Å². The lowest BCUT2D eigenvalue weighted by Crippen LogP contribution is -2.50. The van der Waals surface area contributed by atoms with Crippen molar-refractivity contribution in [1.82, 2.24) is 0 Å². The van der Waals surface area contributed by atoms with E-state index in [2.05, 4.69) is 0 Å². The van der Waals surface area contributed by atoms with Gasteiger partial charge < -0.3 is 27.5 Å². The van der Waals surface area contributed by atoms with Crippen molar-refractivity contribution in [3.05, 3.63) is 0 Å². The van der Waals surface area contributed by atoms with E-state index in [1.807, 2.05) is 20.8 Å². The van der Waals surface area contributed by atoms with Crippen LogP contribution in [0.2, 0.25) is 0 Å². The highest BCUT2D eigenvalue weighted by Crippen LogP contribution is 2.12. The van der Waals surface area contributed by atoms with Gasteiger partial charge in [0, 0.05) is 19.8 Å². The molecular weight excluding hydrogens is 316 g/mol. The van der Waals surface area contributed by atoms with Crippen LogP contribution < -0.4 is 0 Å². The molecule has 6 nitrogen and oxygen atoms in total. The summed E-state index contributed by atoms with van der Waals surface area (Å²) in [5.41, 5.74) is 0.192. The van der Waals surface area contributed by atoms with Gasteiger partial charge in [-0.1, -0.05) is 0 Å². The second-order valence-electron chi connectivity index (χ2n) is 3.95. The second-order valence-corrected chi connectivity index (χ2v) is 7.25. The zero-order valence-electron chi connectivity index (χ0n) is 13.4. The molecule has 0 aliphatic heterocycles. The minimum Gasteiger partial charge on any atom is -0.379 e. The van der Waals surface area contributed by atoms with Crippen LogP contribution in [0.4, 0.5) is 0 Å². The molecule has 0 saturated heterocycles. The molecule has 128 valence electrons. The molecule has 0 aromatic rings. The fourth-order valence-corrected chi connectivity index (χ4v) is 3.80. The van der Waals surface area contributed by atoms with E-state index in [0.29, 0.717) is 59.5 Å². The number of hydrogen-bond donors (Lipinski definition) is 0. The Morgan fingerprint density at radius 2 is 0.952 bits per heavy atom. The fourth-order valence-electron chi connectivity index (χ4n) is 1.44. The molecule has 0 atom stereocenters. The van der Waals surface area contributed by atoms with Crippen molar-refractivity contribution in [2.45, 2.75) is 20.8 Å². The van der Waals surface area contributed by atoms with Crippen molar-refractivity contribution >= 4 is 20.4 Å². The maximum absolute atomic E-state index is 6.03. The normalized spacial score (nSPS) is 12.0. The Kier molecular flexibility index (Phi) is 15.4. The van der Waals surface area contributed by atoms with E-state index < -0.39 is 8.80 Å². The first kappa shape index (κ1) is 21.3. The van der Waals surface area contributed by atoms with Gasteiger partial charge in [0.15, 0.2) is 0 Å². The Hall–Kier alpha value is 0.267. The van der Waals surface area contributed by atoms with Crippen LogP contribution in [0.15, 0.2) is 0 Å². The third-order valence-electron chi connectivity index (χ3n) is 2.42. The second kappa shape index (κ2) is 15.2. The van der Waals surface area contributed by atoms with Crippen LogP contribution in [0.3, 0.4) is 0 Å². The summed E-state index contributed by atoms with van der Waals surface area (Å²) in [5.74, 6) is 0. The summed E-state index contributed by atoms with van der Waals surface area (Å²) in [4.78, 5) is 0. The molecule has 0 radical (unpaired) electrons. The molecule has 0 aliphatic rings. The molecule has 0 amide bonds. The van der Waals surface area contributed by atoms with Crippen molar-refractivity contribution < 1.29 is 27.5 Å². The highest BCUT2D eigenvalue weighted by Gasteiger charge is 2.40. The Labute approximate surface area is 134 Å². The number of hydrogen-bond acceptors (Lipinski definition) is 6.